The average Bonchev–Trinajstić information content (AvgIpc) is 2.70. The summed E-state index contributed by atoms with van der Waals surface area (Å²) in [7, 11) is 0. The van der Waals surface area contributed by atoms with Gasteiger partial charge in [0.1, 0.15) is 10.8 Å². The first-order valence-corrected chi connectivity index (χ1v) is 8.04. The van der Waals surface area contributed by atoms with Crippen molar-refractivity contribution in [3.05, 3.63) is 39.1 Å². The van der Waals surface area contributed by atoms with E-state index in [-0.39, 0.29) is 11.4 Å². The molecule has 0 aliphatic rings. The molecule has 0 amide bonds. The van der Waals surface area contributed by atoms with Gasteiger partial charge in [0, 0.05) is 27.0 Å². The fourth-order valence-corrected chi connectivity index (χ4v) is 3.31. The highest BCUT2D eigenvalue weighted by Crippen LogP contribution is 2.33. The Morgan fingerprint density at radius 2 is 2.05 bits per heavy atom. The second-order valence-corrected chi connectivity index (χ2v) is 7.69. The van der Waals surface area contributed by atoms with Gasteiger partial charge in [0.05, 0.1) is 5.69 Å². The molecule has 0 spiro atoms. The van der Waals surface area contributed by atoms with Crippen LogP contribution >= 0.6 is 27.3 Å². The van der Waals surface area contributed by atoms with Crippen LogP contribution in [0.1, 0.15) is 31.3 Å². The van der Waals surface area contributed by atoms with Gasteiger partial charge in [-0.05, 0) is 45.9 Å². The van der Waals surface area contributed by atoms with Crippen LogP contribution in [0.4, 0.5) is 4.39 Å². The van der Waals surface area contributed by atoms with Gasteiger partial charge >= 0.3 is 0 Å². The molecule has 0 saturated heterocycles. The predicted molar refractivity (Wildman–Crippen MR) is 86.5 cm³/mol. The number of halogens is 2. The fraction of sp³-hybridized carbons (Fsp3) is 0.400. The number of hydrogen-bond acceptors (Lipinski definition) is 3. The molecule has 0 unspecified atom stereocenters. The average molecular weight is 357 g/mol. The summed E-state index contributed by atoms with van der Waals surface area (Å²) in [5.41, 5.74) is 1.87. The minimum Gasteiger partial charge on any atom is -0.307 e. The summed E-state index contributed by atoms with van der Waals surface area (Å²) in [6.45, 7) is 9.17. The maximum Gasteiger partial charge on any atom is 0.125 e. The maximum atomic E-state index is 13.4. The maximum absolute atomic E-state index is 13.4. The Morgan fingerprint density at radius 3 is 2.70 bits per heavy atom. The van der Waals surface area contributed by atoms with Gasteiger partial charge in [-0.25, -0.2) is 9.37 Å². The summed E-state index contributed by atoms with van der Waals surface area (Å²) in [6, 6.07) is 4.67. The molecule has 0 aliphatic heterocycles. The van der Waals surface area contributed by atoms with Crippen LogP contribution in [0.15, 0.2) is 22.7 Å². The van der Waals surface area contributed by atoms with Crippen LogP contribution in [0.2, 0.25) is 0 Å². The van der Waals surface area contributed by atoms with E-state index in [0.717, 1.165) is 27.3 Å². The lowest BCUT2D eigenvalue weighted by Crippen LogP contribution is -2.34. The van der Waals surface area contributed by atoms with E-state index in [0.29, 0.717) is 0 Å². The monoisotopic (exact) mass is 356 g/mol. The van der Waals surface area contributed by atoms with Gasteiger partial charge in [0.2, 0.25) is 0 Å². The number of benzene rings is 1. The summed E-state index contributed by atoms with van der Waals surface area (Å²) in [5, 5.41) is 4.30. The van der Waals surface area contributed by atoms with Crippen molar-refractivity contribution in [1.29, 1.82) is 0 Å². The van der Waals surface area contributed by atoms with E-state index in [1.807, 2.05) is 6.92 Å². The van der Waals surface area contributed by atoms with Crippen LogP contribution in [0.25, 0.3) is 10.6 Å². The molecule has 0 bridgehead atoms. The molecule has 20 heavy (non-hydrogen) atoms. The van der Waals surface area contributed by atoms with Crippen molar-refractivity contribution in [2.45, 2.75) is 39.8 Å². The second-order valence-electron chi connectivity index (χ2n) is 5.76. The summed E-state index contributed by atoms with van der Waals surface area (Å²) in [4.78, 5) is 5.75. The van der Waals surface area contributed by atoms with Crippen molar-refractivity contribution in [3.63, 3.8) is 0 Å². The normalized spacial score (nSPS) is 11.9. The number of nitrogens with one attached hydrogen (secondary N) is 1. The second kappa shape index (κ2) is 5.92. The molecular formula is C15H18BrFN2S. The summed E-state index contributed by atoms with van der Waals surface area (Å²) in [6.07, 6.45) is 0. The van der Waals surface area contributed by atoms with Crippen LogP contribution in [0, 0.1) is 12.7 Å². The SMILES string of the molecule is Cc1nc(-c2cc(F)ccc2Br)sc1CNC(C)(C)C. The first kappa shape index (κ1) is 15.6. The van der Waals surface area contributed by atoms with E-state index < -0.39 is 0 Å². The van der Waals surface area contributed by atoms with Gasteiger partial charge in [-0.3, -0.25) is 0 Å². The largest absolute Gasteiger partial charge is 0.307 e. The number of nitrogens with zero attached hydrogens (tertiary/aromatic N) is 1. The topological polar surface area (TPSA) is 24.9 Å². The predicted octanol–water partition coefficient (Wildman–Crippen LogP) is 4.91. The highest BCUT2D eigenvalue weighted by atomic mass is 79.9. The van der Waals surface area contributed by atoms with Gasteiger partial charge in [-0.15, -0.1) is 11.3 Å². The van der Waals surface area contributed by atoms with Crippen molar-refractivity contribution >= 4 is 27.3 Å². The molecule has 0 radical (unpaired) electrons. The Labute approximate surface area is 131 Å². The van der Waals surface area contributed by atoms with Gasteiger partial charge < -0.3 is 5.32 Å². The van der Waals surface area contributed by atoms with Crippen molar-refractivity contribution in [2.75, 3.05) is 0 Å². The number of rotatable bonds is 3. The fourth-order valence-electron chi connectivity index (χ4n) is 1.71. The van der Waals surface area contributed by atoms with Crippen LogP contribution in [-0.4, -0.2) is 10.5 Å². The smallest absolute Gasteiger partial charge is 0.125 e. The Morgan fingerprint density at radius 1 is 1.35 bits per heavy atom. The molecule has 2 aromatic rings. The molecule has 1 N–H and O–H groups in total. The zero-order chi connectivity index (χ0) is 14.9. The lowest BCUT2D eigenvalue weighted by atomic mass is 10.1. The lowest BCUT2D eigenvalue weighted by Gasteiger charge is -2.19. The molecule has 0 saturated carbocycles. The summed E-state index contributed by atoms with van der Waals surface area (Å²) < 4.78 is 14.3. The lowest BCUT2D eigenvalue weighted by molar-refractivity contribution is 0.425. The van der Waals surface area contributed by atoms with Gasteiger partial charge in [0.25, 0.3) is 0 Å². The van der Waals surface area contributed by atoms with Gasteiger partial charge in [-0.2, -0.15) is 0 Å². The van der Waals surface area contributed by atoms with Crippen LogP contribution in [0.5, 0.6) is 0 Å². The van der Waals surface area contributed by atoms with E-state index in [2.05, 4.69) is 47.0 Å². The molecule has 1 aromatic heterocycles. The molecule has 108 valence electrons. The van der Waals surface area contributed by atoms with Crippen LogP contribution in [-0.2, 0) is 6.54 Å². The molecule has 5 heteroatoms. The highest BCUT2D eigenvalue weighted by molar-refractivity contribution is 9.10. The third kappa shape index (κ3) is 3.87. The van der Waals surface area contributed by atoms with E-state index in [4.69, 9.17) is 0 Å². The molecule has 0 fully saturated rings. The van der Waals surface area contributed by atoms with Crippen molar-refractivity contribution < 1.29 is 4.39 Å². The zero-order valence-corrected chi connectivity index (χ0v) is 14.5. The van der Waals surface area contributed by atoms with E-state index in [1.54, 1.807) is 17.4 Å². The Kier molecular flexibility index (Phi) is 4.62. The van der Waals surface area contributed by atoms with Crippen molar-refractivity contribution in [2.24, 2.45) is 0 Å². The Bertz CT molecular complexity index is 617. The number of hydrogen-bond donors (Lipinski definition) is 1. The third-order valence-electron chi connectivity index (χ3n) is 2.83. The van der Waals surface area contributed by atoms with Crippen LogP contribution < -0.4 is 5.32 Å². The Balaban J connectivity index is 2.29. The minimum atomic E-state index is -0.245. The van der Waals surface area contributed by atoms with E-state index in [1.165, 1.54) is 17.0 Å². The first-order chi connectivity index (χ1) is 9.26. The summed E-state index contributed by atoms with van der Waals surface area (Å²) in [5.74, 6) is -0.245. The zero-order valence-electron chi connectivity index (χ0n) is 12.1. The highest BCUT2D eigenvalue weighted by Gasteiger charge is 2.15. The van der Waals surface area contributed by atoms with Crippen LogP contribution in [0.3, 0.4) is 0 Å². The van der Waals surface area contributed by atoms with Crippen molar-refractivity contribution in [3.8, 4) is 10.6 Å². The number of aryl methyl sites for hydroxylation is 1. The molecule has 2 nitrogen and oxygen atoms in total. The molecule has 1 aromatic carbocycles. The van der Waals surface area contributed by atoms with E-state index in [9.17, 15) is 4.39 Å². The molecule has 2 rings (SSSR count). The first-order valence-electron chi connectivity index (χ1n) is 6.43. The number of aromatic nitrogens is 1. The molecular weight excluding hydrogens is 339 g/mol. The van der Waals surface area contributed by atoms with E-state index >= 15 is 0 Å². The Hall–Kier alpha value is -0.780. The quantitative estimate of drug-likeness (QED) is 0.844. The molecule has 0 atom stereocenters. The van der Waals surface area contributed by atoms with Gasteiger partial charge in [-0.1, -0.05) is 15.9 Å². The summed E-state index contributed by atoms with van der Waals surface area (Å²) >= 11 is 5.06. The molecule has 0 aliphatic carbocycles. The molecule has 1 heterocycles. The third-order valence-corrected chi connectivity index (χ3v) is 4.71. The number of thiazole rings is 1. The minimum absolute atomic E-state index is 0.0655. The standard InChI is InChI=1S/C15H18BrFN2S/c1-9-13(8-18-15(2,3)4)20-14(19-9)11-7-10(17)5-6-12(11)16/h5-7,18H,8H2,1-4H3. The van der Waals surface area contributed by atoms with Crippen molar-refractivity contribution in [1.82, 2.24) is 10.3 Å². The van der Waals surface area contributed by atoms with Gasteiger partial charge in [0.15, 0.2) is 0 Å².